The zero-order valence-electron chi connectivity index (χ0n) is 22.1. The zero-order valence-corrected chi connectivity index (χ0v) is 22.8. The van der Waals surface area contributed by atoms with Crippen molar-refractivity contribution in [3.05, 3.63) is 34.9 Å². The number of hydrogen-bond donors (Lipinski definition) is 1. The van der Waals surface area contributed by atoms with Crippen molar-refractivity contribution in [2.45, 2.75) is 84.3 Å². The summed E-state index contributed by atoms with van der Waals surface area (Å²) < 4.78 is 11.3. The number of rotatable bonds is 8. The van der Waals surface area contributed by atoms with Crippen molar-refractivity contribution in [2.24, 2.45) is 28.6 Å². The van der Waals surface area contributed by atoms with Gasteiger partial charge in [-0.3, -0.25) is 19.2 Å². The van der Waals surface area contributed by atoms with Crippen LogP contribution in [0.4, 0.5) is 0 Å². The van der Waals surface area contributed by atoms with Crippen LogP contribution in [0.15, 0.2) is 34.9 Å². The molecule has 0 amide bonds. The SMILES string of the molecule is CCCC(=O)OCC(=O)[C@]1(OC(=O)CCC)CC[C@H]2[C@@H]3C=C(Cl)C4=CC(=O)C=C[C@]4(C)[C@H]3[C@@H](O)C[C@@]21C. The molecule has 0 aromatic carbocycles. The first kappa shape index (κ1) is 27.8. The zero-order chi connectivity index (χ0) is 27.2. The molecule has 0 spiro atoms. The van der Waals surface area contributed by atoms with Gasteiger partial charge in [-0.2, -0.15) is 0 Å². The van der Waals surface area contributed by atoms with Gasteiger partial charge in [0.05, 0.1) is 6.10 Å². The largest absolute Gasteiger partial charge is 0.457 e. The topological polar surface area (TPSA) is 107 Å². The summed E-state index contributed by atoms with van der Waals surface area (Å²) >= 11 is 6.74. The number of halogens is 1. The maximum absolute atomic E-state index is 13.8. The van der Waals surface area contributed by atoms with E-state index >= 15 is 0 Å². The lowest BCUT2D eigenvalue weighted by atomic mass is 9.47. The molecule has 202 valence electrons. The summed E-state index contributed by atoms with van der Waals surface area (Å²) in [6.07, 6.45) is 8.58. The van der Waals surface area contributed by atoms with Crippen molar-refractivity contribution in [3.63, 3.8) is 0 Å². The van der Waals surface area contributed by atoms with Crippen LogP contribution in [0.25, 0.3) is 0 Å². The minimum absolute atomic E-state index is 0.122. The fourth-order valence-corrected chi connectivity index (χ4v) is 7.92. The van der Waals surface area contributed by atoms with Crippen molar-refractivity contribution in [1.29, 1.82) is 0 Å². The van der Waals surface area contributed by atoms with Crippen molar-refractivity contribution in [2.75, 3.05) is 6.61 Å². The minimum atomic E-state index is -1.52. The lowest BCUT2D eigenvalue weighted by molar-refractivity contribution is -0.197. The van der Waals surface area contributed by atoms with E-state index in [1.54, 1.807) is 0 Å². The number of hydrogen-bond acceptors (Lipinski definition) is 7. The van der Waals surface area contributed by atoms with Gasteiger partial charge in [-0.05, 0) is 61.7 Å². The Morgan fingerprint density at radius 3 is 2.49 bits per heavy atom. The highest BCUT2D eigenvalue weighted by atomic mass is 35.5. The average molecular weight is 533 g/mol. The summed E-state index contributed by atoms with van der Waals surface area (Å²) in [5.41, 5.74) is -2.36. The van der Waals surface area contributed by atoms with Crippen LogP contribution < -0.4 is 0 Å². The van der Waals surface area contributed by atoms with Gasteiger partial charge in [0.1, 0.15) is 0 Å². The van der Waals surface area contributed by atoms with E-state index in [4.69, 9.17) is 21.1 Å². The Labute approximate surface area is 223 Å². The molecule has 4 aliphatic carbocycles. The molecule has 2 saturated carbocycles. The highest BCUT2D eigenvalue weighted by molar-refractivity contribution is 6.32. The van der Waals surface area contributed by atoms with Crippen LogP contribution >= 0.6 is 11.6 Å². The molecule has 4 aliphatic rings. The molecular formula is C29H37ClO7. The van der Waals surface area contributed by atoms with Gasteiger partial charge in [-0.25, -0.2) is 0 Å². The van der Waals surface area contributed by atoms with Crippen LogP contribution in [-0.2, 0) is 28.7 Å². The molecule has 7 nitrogen and oxygen atoms in total. The van der Waals surface area contributed by atoms with Crippen LogP contribution in [0.1, 0.15) is 72.6 Å². The van der Waals surface area contributed by atoms with Gasteiger partial charge in [0, 0.05) is 34.6 Å². The number of ether oxygens (including phenoxy) is 2. The molecule has 37 heavy (non-hydrogen) atoms. The van der Waals surface area contributed by atoms with Crippen molar-refractivity contribution in [1.82, 2.24) is 0 Å². The number of carbonyl (C=O) groups is 4. The number of Topliss-reactive ketones (excluding diaryl/α,β-unsaturated/α-hetero) is 1. The molecular weight excluding hydrogens is 496 g/mol. The molecule has 0 radical (unpaired) electrons. The predicted molar refractivity (Wildman–Crippen MR) is 137 cm³/mol. The van der Waals surface area contributed by atoms with Crippen LogP contribution in [0.5, 0.6) is 0 Å². The Morgan fingerprint density at radius 2 is 1.81 bits per heavy atom. The Balaban J connectivity index is 1.75. The summed E-state index contributed by atoms with van der Waals surface area (Å²) in [6.45, 7) is 7.13. The molecule has 0 aromatic rings. The van der Waals surface area contributed by atoms with E-state index in [1.807, 2.05) is 39.8 Å². The number of fused-ring (bicyclic) bond motifs is 5. The van der Waals surface area contributed by atoms with E-state index in [1.165, 1.54) is 12.2 Å². The van der Waals surface area contributed by atoms with E-state index in [9.17, 15) is 24.3 Å². The number of aliphatic hydroxyl groups excluding tert-OH is 1. The molecule has 0 aliphatic heterocycles. The van der Waals surface area contributed by atoms with Gasteiger partial charge >= 0.3 is 11.9 Å². The van der Waals surface area contributed by atoms with E-state index < -0.39 is 46.9 Å². The van der Waals surface area contributed by atoms with Crippen molar-refractivity contribution < 1.29 is 33.8 Å². The predicted octanol–water partition coefficient (Wildman–Crippen LogP) is 4.60. The Morgan fingerprint density at radius 1 is 1.14 bits per heavy atom. The summed E-state index contributed by atoms with van der Waals surface area (Å²) in [4.78, 5) is 50.8. The molecule has 0 unspecified atom stereocenters. The first-order valence-electron chi connectivity index (χ1n) is 13.4. The molecule has 4 rings (SSSR count). The lowest BCUT2D eigenvalue weighted by Crippen LogP contribution is -2.62. The monoisotopic (exact) mass is 532 g/mol. The quantitative estimate of drug-likeness (QED) is 0.455. The van der Waals surface area contributed by atoms with Gasteiger partial charge in [-0.15, -0.1) is 0 Å². The van der Waals surface area contributed by atoms with Crippen LogP contribution in [0.2, 0.25) is 0 Å². The smallest absolute Gasteiger partial charge is 0.306 e. The highest BCUT2D eigenvalue weighted by Crippen LogP contribution is 2.67. The molecule has 7 atom stereocenters. The van der Waals surface area contributed by atoms with Crippen LogP contribution in [-0.4, -0.2) is 46.9 Å². The van der Waals surface area contributed by atoms with Gasteiger partial charge < -0.3 is 14.6 Å². The van der Waals surface area contributed by atoms with Gasteiger partial charge in [0.15, 0.2) is 18.0 Å². The summed E-state index contributed by atoms with van der Waals surface area (Å²) in [5.74, 6) is -2.12. The maximum Gasteiger partial charge on any atom is 0.306 e. The highest BCUT2D eigenvalue weighted by Gasteiger charge is 2.70. The van der Waals surface area contributed by atoms with Crippen molar-refractivity contribution in [3.8, 4) is 0 Å². The minimum Gasteiger partial charge on any atom is -0.457 e. The maximum atomic E-state index is 13.8. The number of aliphatic hydroxyl groups is 1. The molecule has 1 N–H and O–H groups in total. The standard InChI is InChI=1S/C29H37ClO7/c1-5-7-24(34)36-16-23(33)29(37-25(35)8-6-2)12-10-19-18-14-21(30)20-13-17(31)9-11-27(20,3)26(18)22(32)15-28(19,29)4/h9,11,13-14,18-19,22,26,32H,5-8,10,12,15-16H2,1-4H3/t18-,19-,22-,26+,27-,28-,29+/m0/s1. The van der Waals surface area contributed by atoms with Gasteiger partial charge in [0.25, 0.3) is 0 Å². The van der Waals surface area contributed by atoms with E-state index in [2.05, 4.69) is 0 Å². The molecule has 2 fully saturated rings. The Kier molecular flexibility index (Phi) is 7.61. The fourth-order valence-electron chi connectivity index (χ4n) is 7.52. The van der Waals surface area contributed by atoms with E-state index in [0.29, 0.717) is 29.9 Å². The summed E-state index contributed by atoms with van der Waals surface area (Å²) in [7, 11) is 0. The summed E-state index contributed by atoms with van der Waals surface area (Å²) in [6, 6.07) is 0. The third-order valence-electron chi connectivity index (χ3n) is 9.24. The second-order valence-corrected chi connectivity index (χ2v) is 11.8. The van der Waals surface area contributed by atoms with Crippen molar-refractivity contribution >= 4 is 35.1 Å². The van der Waals surface area contributed by atoms with Gasteiger partial charge in [-0.1, -0.05) is 51.4 Å². The first-order valence-corrected chi connectivity index (χ1v) is 13.7. The first-order chi connectivity index (χ1) is 17.4. The lowest BCUT2D eigenvalue weighted by Gasteiger charge is -2.58. The molecule has 0 aromatic heterocycles. The van der Waals surface area contributed by atoms with E-state index in [0.717, 1.165) is 0 Å². The second kappa shape index (κ2) is 10.1. The van der Waals surface area contributed by atoms with Crippen LogP contribution in [0, 0.1) is 28.6 Å². The molecule has 0 heterocycles. The summed E-state index contributed by atoms with van der Waals surface area (Å²) in [5, 5.41) is 12.1. The molecule has 0 bridgehead atoms. The third-order valence-corrected chi connectivity index (χ3v) is 9.57. The normalized spacial score (nSPS) is 38.1. The Bertz CT molecular complexity index is 1090. The van der Waals surface area contributed by atoms with Gasteiger partial charge in [0.2, 0.25) is 5.78 Å². The number of allylic oxidation sites excluding steroid dienone is 6. The number of carbonyl (C=O) groups excluding carboxylic acids is 4. The Hall–Kier alpha value is -2.25. The second-order valence-electron chi connectivity index (χ2n) is 11.4. The number of esters is 2. The third kappa shape index (κ3) is 4.42. The average Bonchev–Trinajstić information content (AvgIpc) is 3.11. The number of ketones is 2. The van der Waals surface area contributed by atoms with Crippen LogP contribution in [0.3, 0.4) is 0 Å². The molecule has 0 saturated heterocycles. The fraction of sp³-hybridized carbons (Fsp3) is 0.655. The molecule has 8 heteroatoms. The van der Waals surface area contributed by atoms with E-state index in [-0.39, 0.29) is 49.2 Å².